The minimum atomic E-state index is -0.150. The van der Waals surface area contributed by atoms with Crippen LogP contribution in [0.1, 0.15) is 56.0 Å². The molecular formula is C19H29ClN2O2. The second kappa shape index (κ2) is 9.19. The summed E-state index contributed by atoms with van der Waals surface area (Å²) in [5.41, 5.74) is 1.86. The van der Waals surface area contributed by atoms with E-state index in [1.807, 2.05) is 24.3 Å². The Kier molecular flexibility index (Phi) is 7.91. The SMILES string of the molecule is CC[N+](CC)(CC)Cc1ccc(C(=O)N2CCCCC2=O)cc1.[Cl-]. The molecule has 0 radical (unpaired) electrons. The van der Waals surface area contributed by atoms with E-state index < -0.39 is 0 Å². The summed E-state index contributed by atoms with van der Waals surface area (Å²) in [6, 6.07) is 7.82. The minimum absolute atomic E-state index is 0. The lowest BCUT2D eigenvalue weighted by atomic mass is 10.1. The fraction of sp³-hybridized carbons (Fsp3) is 0.579. The number of nitrogens with zero attached hydrogens (tertiary/aromatic N) is 2. The Bertz CT molecular complexity index is 545. The van der Waals surface area contributed by atoms with E-state index in [4.69, 9.17) is 0 Å². The number of hydrogen-bond acceptors (Lipinski definition) is 2. The highest BCUT2D eigenvalue weighted by molar-refractivity contribution is 6.04. The molecule has 134 valence electrons. The Morgan fingerprint density at radius 2 is 1.62 bits per heavy atom. The molecular weight excluding hydrogens is 324 g/mol. The van der Waals surface area contributed by atoms with Gasteiger partial charge in [-0.3, -0.25) is 14.5 Å². The largest absolute Gasteiger partial charge is 1.00 e. The molecule has 0 N–H and O–H groups in total. The van der Waals surface area contributed by atoms with E-state index >= 15 is 0 Å². The highest BCUT2D eigenvalue weighted by Gasteiger charge is 2.26. The molecule has 24 heavy (non-hydrogen) atoms. The first kappa shape index (κ1) is 20.7. The summed E-state index contributed by atoms with van der Waals surface area (Å²) >= 11 is 0. The molecule has 1 fully saturated rings. The van der Waals surface area contributed by atoms with Gasteiger partial charge in [0.1, 0.15) is 6.54 Å². The molecule has 0 atom stereocenters. The lowest BCUT2D eigenvalue weighted by Crippen LogP contribution is -3.00. The summed E-state index contributed by atoms with van der Waals surface area (Å²) in [5, 5.41) is 0. The van der Waals surface area contributed by atoms with Crippen molar-refractivity contribution in [2.75, 3.05) is 26.2 Å². The molecule has 0 aromatic heterocycles. The molecule has 1 saturated heterocycles. The second-order valence-electron chi connectivity index (χ2n) is 6.45. The molecule has 0 bridgehead atoms. The lowest BCUT2D eigenvalue weighted by Gasteiger charge is -2.36. The van der Waals surface area contributed by atoms with Gasteiger partial charge in [0, 0.05) is 24.1 Å². The third-order valence-corrected chi connectivity index (χ3v) is 5.30. The molecule has 2 rings (SSSR count). The Morgan fingerprint density at radius 3 is 2.12 bits per heavy atom. The van der Waals surface area contributed by atoms with Crippen LogP contribution < -0.4 is 12.4 Å². The highest BCUT2D eigenvalue weighted by Crippen LogP contribution is 2.18. The van der Waals surface area contributed by atoms with Gasteiger partial charge in [0.25, 0.3) is 5.91 Å². The van der Waals surface area contributed by atoms with E-state index in [1.165, 1.54) is 10.5 Å². The molecule has 5 heteroatoms. The number of carbonyl (C=O) groups is 2. The van der Waals surface area contributed by atoms with Crippen LogP contribution in [-0.2, 0) is 11.3 Å². The Labute approximate surface area is 151 Å². The van der Waals surface area contributed by atoms with Crippen molar-refractivity contribution < 1.29 is 26.5 Å². The van der Waals surface area contributed by atoms with Gasteiger partial charge in [-0.1, -0.05) is 12.1 Å². The molecule has 2 amide bonds. The van der Waals surface area contributed by atoms with Gasteiger partial charge >= 0.3 is 0 Å². The van der Waals surface area contributed by atoms with Crippen LogP contribution in [0.2, 0.25) is 0 Å². The molecule has 1 aromatic rings. The maximum absolute atomic E-state index is 12.5. The number of halogens is 1. The molecule has 1 heterocycles. The van der Waals surface area contributed by atoms with Crippen molar-refractivity contribution in [2.45, 2.75) is 46.6 Å². The minimum Gasteiger partial charge on any atom is -1.00 e. The summed E-state index contributed by atoms with van der Waals surface area (Å²) in [6.07, 6.45) is 2.30. The fourth-order valence-electron chi connectivity index (χ4n) is 3.32. The number of carbonyl (C=O) groups excluding carboxylic acids is 2. The van der Waals surface area contributed by atoms with Crippen molar-refractivity contribution in [3.8, 4) is 0 Å². The van der Waals surface area contributed by atoms with Gasteiger partial charge in [-0.15, -0.1) is 0 Å². The van der Waals surface area contributed by atoms with Gasteiger partial charge in [0.05, 0.1) is 19.6 Å². The summed E-state index contributed by atoms with van der Waals surface area (Å²) in [5.74, 6) is -0.188. The van der Waals surface area contributed by atoms with Crippen molar-refractivity contribution in [1.82, 2.24) is 4.90 Å². The molecule has 0 spiro atoms. The maximum Gasteiger partial charge on any atom is 0.260 e. The van der Waals surface area contributed by atoms with Gasteiger partial charge in [0.15, 0.2) is 0 Å². The summed E-state index contributed by atoms with van der Waals surface area (Å²) < 4.78 is 1.05. The number of benzene rings is 1. The van der Waals surface area contributed by atoms with E-state index in [2.05, 4.69) is 20.8 Å². The molecule has 4 nitrogen and oxygen atoms in total. The van der Waals surface area contributed by atoms with E-state index in [0.29, 0.717) is 18.5 Å². The van der Waals surface area contributed by atoms with Gasteiger partial charge in [-0.25, -0.2) is 0 Å². The normalized spacial score (nSPS) is 15.1. The lowest BCUT2D eigenvalue weighted by molar-refractivity contribution is -0.936. The van der Waals surface area contributed by atoms with Crippen LogP contribution in [0.15, 0.2) is 24.3 Å². The third kappa shape index (κ3) is 4.58. The predicted molar refractivity (Wildman–Crippen MR) is 91.9 cm³/mol. The van der Waals surface area contributed by atoms with Crippen LogP contribution in [0, 0.1) is 0 Å². The Morgan fingerprint density at radius 1 is 1.04 bits per heavy atom. The summed E-state index contributed by atoms with van der Waals surface area (Å²) in [4.78, 5) is 25.8. The van der Waals surface area contributed by atoms with Crippen molar-refractivity contribution in [1.29, 1.82) is 0 Å². The quantitative estimate of drug-likeness (QED) is 0.542. The van der Waals surface area contributed by atoms with Crippen molar-refractivity contribution in [2.24, 2.45) is 0 Å². The van der Waals surface area contributed by atoms with Crippen LogP contribution in [0.4, 0.5) is 0 Å². The predicted octanol–water partition coefficient (Wildman–Crippen LogP) is 0.220. The van der Waals surface area contributed by atoms with E-state index in [-0.39, 0.29) is 24.2 Å². The zero-order valence-electron chi connectivity index (χ0n) is 15.1. The molecule has 1 aliphatic rings. The number of amides is 2. The van der Waals surface area contributed by atoms with Gasteiger partial charge < -0.3 is 16.9 Å². The van der Waals surface area contributed by atoms with Crippen LogP contribution in [-0.4, -0.2) is 47.4 Å². The molecule has 0 aliphatic carbocycles. The summed E-state index contributed by atoms with van der Waals surface area (Å²) in [7, 11) is 0. The fourth-order valence-corrected chi connectivity index (χ4v) is 3.32. The number of imide groups is 1. The first-order chi connectivity index (χ1) is 11.0. The zero-order chi connectivity index (χ0) is 16.9. The number of quaternary nitrogens is 1. The monoisotopic (exact) mass is 352 g/mol. The molecule has 1 aliphatic heterocycles. The van der Waals surface area contributed by atoms with Crippen molar-refractivity contribution in [3.63, 3.8) is 0 Å². The van der Waals surface area contributed by atoms with Gasteiger partial charge in [-0.2, -0.15) is 0 Å². The first-order valence-corrected chi connectivity index (χ1v) is 8.84. The smallest absolute Gasteiger partial charge is 0.260 e. The molecule has 0 saturated carbocycles. The number of likely N-dealkylation sites (tertiary alicyclic amines) is 1. The number of hydrogen-bond donors (Lipinski definition) is 0. The van der Waals surface area contributed by atoms with Crippen molar-refractivity contribution in [3.05, 3.63) is 35.4 Å². The highest BCUT2D eigenvalue weighted by atomic mass is 35.5. The Hall–Kier alpha value is -1.39. The zero-order valence-corrected chi connectivity index (χ0v) is 15.8. The molecule has 0 unspecified atom stereocenters. The number of piperidine rings is 1. The second-order valence-corrected chi connectivity index (χ2v) is 6.45. The van der Waals surface area contributed by atoms with Gasteiger partial charge in [-0.05, 0) is 45.7 Å². The number of rotatable bonds is 6. The van der Waals surface area contributed by atoms with Crippen LogP contribution >= 0.6 is 0 Å². The maximum atomic E-state index is 12.5. The van der Waals surface area contributed by atoms with Crippen LogP contribution in [0.25, 0.3) is 0 Å². The Balaban J connectivity index is 0.00000288. The van der Waals surface area contributed by atoms with Gasteiger partial charge in [0.2, 0.25) is 5.91 Å². The van der Waals surface area contributed by atoms with Crippen LogP contribution in [0.3, 0.4) is 0 Å². The first-order valence-electron chi connectivity index (χ1n) is 8.84. The summed E-state index contributed by atoms with van der Waals surface area (Å²) in [6.45, 7) is 11.6. The average molecular weight is 353 g/mol. The third-order valence-electron chi connectivity index (χ3n) is 5.30. The average Bonchev–Trinajstić information content (AvgIpc) is 2.60. The molecule has 1 aromatic carbocycles. The topological polar surface area (TPSA) is 37.4 Å². The van der Waals surface area contributed by atoms with E-state index in [0.717, 1.165) is 43.5 Å². The van der Waals surface area contributed by atoms with Crippen LogP contribution in [0.5, 0.6) is 0 Å². The standard InChI is InChI=1S/C19H29N2O2.ClH/c1-4-21(5-2,6-3)15-16-10-12-17(13-11-16)19(23)20-14-8-7-9-18(20)22;/h10-13H,4-9,14-15H2,1-3H3;1H/q+1;/p-1. The van der Waals surface area contributed by atoms with E-state index in [1.54, 1.807) is 0 Å². The van der Waals surface area contributed by atoms with Crippen molar-refractivity contribution >= 4 is 11.8 Å². The van der Waals surface area contributed by atoms with E-state index in [9.17, 15) is 9.59 Å².